The molecule has 0 aromatic rings. The molecule has 0 unspecified atom stereocenters. The molecule has 5 nitrogen and oxygen atoms in total. The molecule has 0 saturated carbocycles. The Bertz CT molecular complexity index is 334. The van der Waals surface area contributed by atoms with Gasteiger partial charge in [0.25, 0.3) is 0 Å². The maximum Gasteiger partial charge on any atom is 0.191 e. The predicted octanol–water partition coefficient (Wildman–Crippen LogP) is 0.385. The van der Waals surface area contributed by atoms with Crippen LogP contribution in [0.1, 0.15) is 27.2 Å². The first kappa shape index (κ1) is 15.2. The lowest BCUT2D eigenvalue weighted by Crippen LogP contribution is -2.47. The van der Waals surface area contributed by atoms with Crippen molar-refractivity contribution in [3.05, 3.63) is 0 Å². The highest BCUT2D eigenvalue weighted by atomic mass is 32.2. The normalized spacial score (nSPS) is 13.7. The SMILES string of the molecule is CCCNC(=NC)NCC(C)(C)S(C)(=O)=O. The number of hydrogen-bond acceptors (Lipinski definition) is 3. The molecule has 0 fully saturated rings. The molecule has 0 aliphatic heterocycles. The maximum absolute atomic E-state index is 11.5. The van der Waals surface area contributed by atoms with Crippen LogP contribution in [0, 0.1) is 0 Å². The summed E-state index contributed by atoms with van der Waals surface area (Å²) >= 11 is 0. The van der Waals surface area contributed by atoms with E-state index in [1.54, 1.807) is 20.9 Å². The van der Waals surface area contributed by atoms with Crippen LogP contribution in [-0.2, 0) is 9.84 Å². The molecule has 0 amide bonds. The average Bonchev–Trinajstić information content (AvgIpc) is 2.16. The van der Waals surface area contributed by atoms with Crippen molar-refractivity contribution in [1.29, 1.82) is 0 Å². The summed E-state index contributed by atoms with van der Waals surface area (Å²) in [6.45, 7) is 6.61. The van der Waals surface area contributed by atoms with Gasteiger partial charge < -0.3 is 10.6 Å². The molecule has 0 rings (SSSR count). The number of sulfone groups is 1. The Hall–Kier alpha value is -0.780. The Kier molecular flexibility index (Phi) is 5.78. The van der Waals surface area contributed by atoms with E-state index >= 15 is 0 Å². The van der Waals surface area contributed by atoms with Crippen molar-refractivity contribution in [3.63, 3.8) is 0 Å². The van der Waals surface area contributed by atoms with Crippen LogP contribution in [0.25, 0.3) is 0 Å². The van der Waals surface area contributed by atoms with Crippen LogP contribution in [0.4, 0.5) is 0 Å². The smallest absolute Gasteiger partial charge is 0.191 e. The number of nitrogens with one attached hydrogen (secondary N) is 2. The van der Waals surface area contributed by atoms with Crippen LogP contribution in [0.2, 0.25) is 0 Å². The number of guanidine groups is 1. The van der Waals surface area contributed by atoms with Crippen LogP contribution < -0.4 is 10.6 Å². The minimum absolute atomic E-state index is 0.342. The molecule has 0 bridgehead atoms. The minimum atomic E-state index is -3.07. The molecule has 0 saturated heterocycles. The van der Waals surface area contributed by atoms with Gasteiger partial charge in [-0.2, -0.15) is 0 Å². The monoisotopic (exact) mass is 249 g/mol. The third kappa shape index (κ3) is 4.83. The Morgan fingerprint density at radius 1 is 1.31 bits per heavy atom. The average molecular weight is 249 g/mol. The van der Waals surface area contributed by atoms with Gasteiger partial charge in [-0.15, -0.1) is 0 Å². The number of rotatable bonds is 5. The molecule has 0 radical (unpaired) electrons. The molecular formula is C10H23N3O2S. The highest BCUT2D eigenvalue weighted by Crippen LogP contribution is 2.13. The van der Waals surface area contributed by atoms with E-state index in [0.717, 1.165) is 13.0 Å². The van der Waals surface area contributed by atoms with Crippen molar-refractivity contribution in [2.24, 2.45) is 4.99 Å². The fourth-order valence-corrected chi connectivity index (χ4v) is 1.23. The van der Waals surface area contributed by atoms with Crippen molar-refractivity contribution in [2.75, 3.05) is 26.4 Å². The van der Waals surface area contributed by atoms with E-state index in [4.69, 9.17) is 0 Å². The van der Waals surface area contributed by atoms with Crippen molar-refractivity contribution >= 4 is 15.8 Å². The topological polar surface area (TPSA) is 70.6 Å². The Morgan fingerprint density at radius 3 is 2.25 bits per heavy atom. The Labute approximate surface area is 98.6 Å². The van der Waals surface area contributed by atoms with Gasteiger partial charge in [-0.1, -0.05) is 6.92 Å². The van der Waals surface area contributed by atoms with Gasteiger partial charge in [0, 0.05) is 26.4 Å². The van der Waals surface area contributed by atoms with E-state index in [-0.39, 0.29) is 0 Å². The van der Waals surface area contributed by atoms with Crippen molar-refractivity contribution in [2.45, 2.75) is 31.9 Å². The minimum Gasteiger partial charge on any atom is -0.356 e. The lowest BCUT2D eigenvalue weighted by molar-refractivity contribution is 0.544. The molecule has 16 heavy (non-hydrogen) atoms. The molecule has 0 spiro atoms. The van der Waals surface area contributed by atoms with E-state index in [9.17, 15) is 8.42 Å². The molecule has 0 atom stereocenters. The van der Waals surface area contributed by atoms with E-state index in [1.165, 1.54) is 6.26 Å². The van der Waals surface area contributed by atoms with Gasteiger partial charge in [-0.3, -0.25) is 4.99 Å². The summed E-state index contributed by atoms with van der Waals surface area (Å²) < 4.78 is 22.1. The molecule has 0 aromatic heterocycles. The number of nitrogens with zero attached hydrogens (tertiary/aromatic N) is 1. The third-order valence-electron chi connectivity index (χ3n) is 2.45. The van der Waals surface area contributed by atoms with E-state index in [0.29, 0.717) is 12.5 Å². The van der Waals surface area contributed by atoms with Crippen molar-refractivity contribution < 1.29 is 8.42 Å². The predicted molar refractivity (Wildman–Crippen MR) is 68.6 cm³/mol. The summed E-state index contributed by atoms with van der Waals surface area (Å²) in [7, 11) is -1.41. The molecule has 0 aliphatic carbocycles. The molecule has 0 aliphatic rings. The molecule has 0 heterocycles. The van der Waals surface area contributed by atoms with Crippen LogP contribution in [0.5, 0.6) is 0 Å². The standard InChI is InChI=1S/C10H23N3O2S/c1-6-7-12-9(11-4)13-8-10(2,3)16(5,14)15/h6-8H2,1-5H3,(H2,11,12,13). The Balaban J connectivity index is 4.33. The number of hydrogen-bond donors (Lipinski definition) is 2. The van der Waals surface area contributed by atoms with Crippen molar-refractivity contribution in [3.8, 4) is 0 Å². The van der Waals surface area contributed by atoms with E-state index < -0.39 is 14.6 Å². The second kappa shape index (κ2) is 6.08. The second-order valence-corrected chi connectivity index (χ2v) is 7.03. The summed E-state index contributed by atoms with van der Waals surface area (Å²) in [6, 6.07) is 0. The zero-order valence-electron chi connectivity index (χ0n) is 10.8. The van der Waals surface area contributed by atoms with Crippen LogP contribution >= 0.6 is 0 Å². The second-order valence-electron chi connectivity index (χ2n) is 4.38. The van der Waals surface area contributed by atoms with E-state index in [2.05, 4.69) is 22.5 Å². The van der Waals surface area contributed by atoms with Gasteiger partial charge in [0.2, 0.25) is 0 Å². The first-order valence-corrected chi connectivity index (χ1v) is 7.28. The van der Waals surface area contributed by atoms with Gasteiger partial charge in [-0.25, -0.2) is 8.42 Å². The first-order chi connectivity index (χ1) is 7.24. The summed E-state index contributed by atoms with van der Waals surface area (Å²) in [5.74, 6) is 0.638. The molecule has 0 aromatic carbocycles. The fourth-order valence-electron chi connectivity index (χ4n) is 0.892. The zero-order chi connectivity index (χ0) is 12.8. The number of aliphatic imine (C=N–C) groups is 1. The van der Waals surface area contributed by atoms with Crippen LogP contribution in [0.15, 0.2) is 4.99 Å². The highest BCUT2D eigenvalue weighted by molar-refractivity contribution is 7.92. The molecular weight excluding hydrogens is 226 g/mol. The largest absolute Gasteiger partial charge is 0.356 e. The Morgan fingerprint density at radius 2 is 1.88 bits per heavy atom. The molecule has 2 N–H and O–H groups in total. The first-order valence-electron chi connectivity index (χ1n) is 5.38. The summed E-state index contributed by atoms with van der Waals surface area (Å²) in [5.41, 5.74) is 0. The summed E-state index contributed by atoms with van der Waals surface area (Å²) in [5, 5.41) is 6.10. The molecule has 96 valence electrons. The zero-order valence-corrected chi connectivity index (χ0v) is 11.6. The quantitative estimate of drug-likeness (QED) is 0.546. The van der Waals surface area contributed by atoms with Gasteiger partial charge >= 0.3 is 0 Å². The van der Waals surface area contributed by atoms with Crippen LogP contribution in [-0.4, -0.2) is 45.5 Å². The van der Waals surface area contributed by atoms with Gasteiger partial charge in [0.15, 0.2) is 15.8 Å². The molecule has 6 heteroatoms. The van der Waals surface area contributed by atoms with Gasteiger partial charge in [-0.05, 0) is 20.3 Å². The summed E-state index contributed by atoms with van der Waals surface area (Å²) in [4.78, 5) is 4.01. The van der Waals surface area contributed by atoms with Crippen LogP contribution in [0.3, 0.4) is 0 Å². The highest BCUT2D eigenvalue weighted by Gasteiger charge is 2.30. The van der Waals surface area contributed by atoms with E-state index in [1.807, 2.05) is 0 Å². The maximum atomic E-state index is 11.5. The lowest BCUT2D eigenvalue weighted by Gasteiger charge is -2.24. The lowest BCUT2D eigenvalue weighted by atomic mass is 10.2. The third-order valence-corrected chi connectivity index (χ3v) is 4.60. The van der Waals surface area contributed by atoms with Gasteiger partial charge in [0.05, 0.1) is 4.75 Å². The summed E-state index contributed by atoms with van der Waals surface area (Å²) in [6.07, 6.45) is 2.24. The van der Waals surface area contributed by atoms with Crippen molar-refractivity contribution in [1.82, 2.24) is 10.6 Å². The fraction of sp³-hybridized carbons (Fsp3) is 0.900. The van der Waals surface area contributed by atoms with Gasteiger partial charge in [0.1, 0.15) is 0 Å².